The van der Waals surface area contributed by atoms with Crippen molar-refractivity contribution in [2.24, 2.45) is 0 Å². The summed E-state index contributed by atoms with van der Waals surface area (Å²) in [5.74, 6) is -0.666. The van der Waals surface area contributed by atoms with Gasteiger partial charge in [0.05, 0.1) is 13.2 Å². The molecule has 174 valence electrons. The molecule has 0 saturated heterocycles. The zero-order valence-corrected chi connectivity index (χ0v) is 17.9. The van der Waals surface area contributed by atoms with Crippen molar-refractivity contribution in [2.45, 2.75) is 13.8 Å². The first-order chi connectivity index (χ1) is 15.7. The first-order valence-electron chi connectivity index (χ1n) is 9.94. The quantitative estimate of drug-likeness (QED) is 0.230. The monoisotopic (exact) mass is 464 g/mol. The van der Waals surface area contributed by atoms with Crippen LogP contribution in [0.1, 0.15) is 34.8 Å². The van der Waals surface area contributed by atoms with Crippen LogP contribution in [-0.2, 0) is 9.47 Å². The summed E-state index contributed by atoms with van der Waals surface area (Å²) in [6, 6.07) is 18.2. The van der Waals surface area contributed by atoms with Gasteiger partial charge in [-0.2, -0.15) is 4.57 Å². The van der Waals surface area contributed by atoms with Crippen molar-refractivity contribution in [1.82, 2.24) is 4.98 Å². The molecule has 0 fully saturated rings. The van der Waals surface area contributed by atoms with Crippen LogP contribution in [0.5, 0.6) is 0 Å². The second-order valence-corrected chi connectivity index (χ2v) is 6.34. The molecule has 0 aliphatic heterocycles. The van der Waals surface area contributed by atoms with Crippen LogP contribution in [0.3, 0.4) is 0 Å². The molecule has 0 bridgehead atoms. The van der Waals surface area contributed by atoms with Gasteiger partial charge in [-0.25, -0.2) is 9.59 Å². The zero-order valence-electron chi connectivity index (χ0n) is 17.9. The normalized spacial score (nSPS) is 10.6. The van der Waals surface area contributed by atoms with Gasteiger partial charge in [-0.15, -0.1) is 0 Å². The molecule has 3 rings (SSSR count). The molecular formula is C22H21BF4N2O4. The highest BCUT2D eigenvalue weighted by atomic mass is 19.5. The molecule has 0 spiro atoms. The molecular weight excluding hydrogens is 443 g/mol. The Morgan fingerprint density at radius 2 is 1.30 bits per heavy atom. The van der Waals surface area contributed by atoms with E-state index in [9.17, 15) is 26.9 Å². The summed E-state index contributed by atoms with van der Waals surface area (Å²) in [6.45, 7) is 3.89. The Kier molecular flexibility index (Phi) is 9.08. The number of rotatable bonds is 6. The van der Waals surface area contributed by atoms with Crippen molar-refractivity contribution in [3.63, 3.8) is 0 Å². The minimum atomic E-state index is -6.00. The second kappa shape index (κ2) is 11.7. The third kappa shape index (κ3) is 7.71. The van der Waals surface area contributed by atoms with Gasteiger partial charge < -0.3 is 26.7 Å². The predicted octanol–water partition coefficient (Wildman–Crippen LogP) is 4.68. The number of hydrogen-bond donors (Lipinski definition) is 0. The molecule has 11 heteroatoms. The molecule has 2 heterocycles. The fourth-order valence-corrected chi connectivity index (χ4v) is 2.84. The molecule has 0 saturated carbocycles. The van der Waals surface area contributed by atoms with E-state index in [1.165, 1.54) is 4.57 Å². The van der Waals surface area contributed by atoms with Crippen LogP contribution in [0.4, 0.5) is 17.3 Å². The number of nitrogens with zero attached hydrogens (tertiary/aromatic N) is 2. The van der Waals surface area contributed by atoms with Crippen molar-refractivity contribution < 1.29 is 40.9 Å². The summed E-state index contributed by atoms with van der Waals surface area (Å²) in [7, 11) is -6.00. The number of benzene rings is 1. The number of hydrogen-bond acceptors (Lipinski definition) is 5. The van der Waals surface area contributed by atoms with Crippen molar-refractivity contribution in [2.75, 3.05) is 13.2 Å². The maximum Gasteiger partial charge on any atom is 0.673 e. The molecule has 2 aromatic heterocycles. The predicted molar refractivity (Wildman–Crippen MR) is 113 cm³/mol. The molecule has 0 amide bonds. The highest BCUT2D eigenvalue weighted by molar-refractivity contribution is 6.50. The lowest BCUT2D eigenvalue weighted by atomic mass is 10.0. The number of carbonyl (C=O) groups is 2. The Labute approximate surface area is 187 Å². The van der Waals surface area contributed by atoms with Crippen LogP contribution in [0.15, 0.2) is 66.9 Å². The van der Waals surface area contributed by atoms with Crippen LogP contribution in [0, 0.1) is 0 Å². The first kappa shape index (κ1) is 25.5. The van der Waals surface area contributed by atoms with Crippen molar-refractivity contribution in [3.05, 3.63) is 78.2 Å². The van der Waals surface area contributed by atoms with Crippen LogP contribution in [0.2, 0.25) is 0 Å². The standard InChI is InChI=1S/C22H21N2O4.BF4/c1-3-27-21(25)18-14-17(16-10-6-5-7-11-16)15-19(22(26)28-4-2)24(18)20-12-8-9-13-23-20;2-1(3,4)5/h5-15H,3-4H2,1-2H3;/q+1;-1. The number of pyridine rings is 2. The average molecular weight is 464 g/mol. The van der Waals surface area contributed by atoms with Crippen LogP contribution >= 0.6 is 0 Å². The van der Waals surface area contributed by atoms with Gasteiger partial charge in [-0.1, -0.05) is 36.4 Å². The van der Waals surface area contributed by atoms with E-state index in [1.807, 2.05) is 30.3 Å². The SMILES string of the molecule is CCOC(=O)c1cc(-c2ccccc2)cc(C(=O)OCC)[n+]1-c1ccccn1.F[B-](F)(F)F. The lowest BCUT2D eigenvalue weighted by Crippen LogP contribution is -2.45. The van der Waals surface area contributed by atoms with Gasteiger partial charge in [0.15, 0.2) is 0 Å². The van der Waals surface area contributed by atoms with Crippen LogP contribution in [-0.4, -0.2) is 37.4 Å². The average Bonchev–Trinajstić information content (AvgIpc) is 2.78. The van der Waals surface area contributed by atoms with Gasteiger partial charge >= 0.3 is 25.0 Å². The van der Waals surface area contributed by atoms with E-state index < -0.39 is 19.2 Å². The molecule has 0 atom stereocenters. The van der Waals surface area contributed by atoms with Crippen LogP contribution < -0.4 is 4.57 Å². The highest BCUT2D eigenvalue weighted by Crippen LogP contribution is 2.22. The Morgan fingerprint density at radius 3 is 1.73 bits per heavy atom. The topological polar surface area (TPSA) is 69.4 Å². The van der Waals surface area contributed by atoms with E-state index in [2.05, 4.69) is 4.98 Å². The molecule has 1 aromatic carbocycles. The maximum absolute atomic E-state index is 12.7. The Hall–Kier alpha value is -3.76. The molecule has 33 heavy (non-hydrogen) atoms. The second-order valence-electron chi connectivity index (χ2n) is 6.34. The number of aromatic nitrogens is 2. The van der Waals surface area contributed by atoms with Gasteiger partial charge in [-0.3, -0.25) is 0 Å². The number of carbonyl (C=O) groups excluding carboxylic acids is 2. The third-order valence-electron chi connectivity index (χ3n) is 4.02. The summed E-state index contributed by atoms with van der Waals surface area (Å²) in [6.07, 6.45) is 1.59. The van der Waals surface area contributed by atoms with E-state index in [0.29, 0.717) is 11.4 Å². The smallest absolute Gasteiger partial charge is 0.460 e. The van der Waals surface area contributed by atoms with Crippen LogP contribution in [0.25, 0.3) is 16.9 Å². The zero-order chi connectivity index (χ0) is 24.4. The fourth-order valence-electron chi connectivity index (χ4n) is 2.84. The third-order valence-corrected chi connectivity index (χ3v) is 4.02. The number of ether oxygens (including phenoxy) is 2. The van der Waals surface area contributed by atoms with Gasteiger partial charge in [0.2, 0.25) is 11.4 Å². The van der Waals surface area contributed by atoms with Crippen molar-refractivity contribution in [1.29, 1.82) is 0 Å². The minimum Gasteiger partial charge on any atom is -0.460 e. The molecule has 0 aliphatic rings. The Bertz CT molecular complexity index is 1040. The van der Waals surface area contributed by atoms with E-state index >= 15 is 0 Å². The molecule has 3 aromatic rings. The van der Waals surface area contributed by atoms with Gasteiger partial charge in [0, 0.05) is 18.2 Å². The Morgan fingerprint density at radius 1 is 0.818 bits per heavy atom. The maximum atomic E-state index is 12.7. The first-order valence-corrected chi connectivity index (χ1v) is 9.94. The lowest BCUT2D eigenvalue weighted by molar-refractivity contribution is -0.605. The summed E-state index contributed by atoms with van der Waals surface area (Å²) < 4.78 is 50.9. The Balaban J connectivity index is 0.000000696. The molecule has 6 nitrogen and oxygen atoms in total. The summed E-state index contributed by atoms with van der Waals surface area (Å²) in [5.41, 5.74) is 1.97. The van der Waals surface area contributed by atoms with E-state index in [1.54, 1.807) is 50.4 Å². The van der Waals surface area contributed by atoms with Crippen molar-refractivity contribution in [3.8, 4) is 16.9 Å². The molecule has 0 unspecified atom stereocenters. The minimum absolute atomic E-state index is 0.199. The molecule has 0 N–H and O–H groups in total. The van der Waals surface area contributed by atoms with Gasteiger partial charge in [-0.05, 0) is 36.0 Å². The number of esters is 2. The molecule has 0 radical (unpaired) electrons. The summed E-state index contributed by atoms with van der Waals surface area (Å²) in [4.78, 5) is 29.8. The summed E-state index contributed by atoms with van der Waals surface area (Å²) in [5, 5.41) is 0. The van der Waals surface area contributed by atoms with E-state index in [0.717, 1.165) is 5.56 Å². The largest absolute Gasteiger partial charge is 0.673 e. The fraction of sp³-hybridized carbons (Fsp3) is 0.182. The lowest BCUT2D eigenvalue weighted by Gasteiger charge is -2.12. The van der Waals surface area contributed by atoms with E-state index in [4.69, 9.17) is 9.47 Å². The number of halogens is 4. The van der Waals surface area contributed by atoms with E-state index in [-0.39, 0.29) is 24.6 Å². The van der Waals surface area contributed by atoms with Gasteiger partial charge in [0.25, 0.3) is 0 Å². The molecule has 0 aliphatic carbocycles. The summed E-state index contributed by atoms with van der Waals surface area (Å²) >= 11 is 0. The van der Waals surface area contributed by atoms with Crippen molar-refractivity contribution >= 4 is 19.2 Å². The van der Waals surface area contributed by atoms with Gasteiger partial charge in [0.1, 0.15) is 6.20 Å². The highest BCUT2D eigenvalue weighted by Gasteiger charge is 2.30.